The zero-order valence-electron chi connectivity index (χ0n) is 15.4. The summed E-state index contributed by atoms with van der Waals surface area (Å²) in [7, 11) is 0. The Labute approximate surface area is 171 Å². The predicted molar refractivity (Wildman–Crippen MR) is 114 cm³/mol. The van der Waals surface area contributed by atoms with Crippen molar-refractivity contribution in [3.8, 4) is 5.75 Å². The number of halogens is 1. The number of nitrogens with one attached hydrogen (secondary N) is 2. The summed E-state index contributed by atoms with van der Waals surface area (Å²) in [4.78, 5) is 17.7. The van der Waals surface area contributed by atoms with E-state index in [1.807, 2.05) is 41.8 Å². The van der Waals surface area contributed by atoms with E-state index in [-0.39, 0.29) is 5.91 Å². The average Bonchev–Trinajstić information content (AvgIpc) is 3.22. The first-order valence-electron chi connectivity index (χ1n) is 8.99. The monoisotopic (exact) mass is 407 g/mol. The third kappa shape index (κ3) is 4.35. The van der Waals surface area contributed by atoms with Crippen molar-refractivity contribution in [3.63, 3.8) is 0 Å². The Hall–Kier alpha value is -3.45. The van der Waals surface area contributed by atoms with Crippen LogP contribution < -0.4 is 15.4 Å². The molecule has 2 aromatic carbocycles. The lowest BCUT2D eigenvalue weighted by atomic mass is 10.1. The maximum Gasteiger partial charge on any atom is 0.267 e. The number of pyridine rings is 1. The second-order valence-corrected chi connectivity index (χ2v) is 7.15. The zero-order chi connectivity index (χ0) is 20.1. The van der Waals surface area contributed by atoms with Crippen molar-refractivity contribution in [1.82, 2.24) is 4.98 Å². The summed E-state index contributed by atoms with van der Waals surface area (Å²) >= 11 is 1.37. The van der Waals surface area contributed by atoms with Crippen LogP contribution in [-0.4, -0.2) is 17.8 Å². The predicted octanol–water partition coefficient (Wildman–Crippen LogP) is 5.47. The van der Waals surface area contributed by atoms with Crippen molar-refractivity contribution >= 4 is 39.5 Å². The molecule has 4 aromatic rings. The minimum Gasteiger partial charge on any atom is -0.463 e. The smallest absolute Gasteiger partial charge is 0.267 e. The molecule has 0 radical (unpaired) electrons. The van der Waals surface area contributed by atoms with Gasteiger partial charge in [0.1, 0.15) is 10.6 Å². The highest BCUT2D eigenvalue weighted by molar-refractivity contribution is 7.12. The van der Waals surface area contributed by atoms with Crippen LogP contribution in [0.3, 0.4) is 0 Å². The zero-order valence-corrected chi connectivity index (χ0v) is 16.2. The molecule has 29 heavy (non-hydrogen) atoms. The highest BCUT2D eigenvalue weighted by Gasteiger charge is 2.14. The number of benzene rings is 2. The number of hydrogen-bond acceptors (Lipinski definition) is 5. The van der Waals surface area contributed by atoms with Gasteiger partial charge in [0.05, 0.1) is 11.2 Å². The first-order valence-corrected chi connectivity index (χ1v) is 9.87. The molecular formula is C22H18FN3O2S. The fourth-order valence-electron chi connectivity index (χ4n) is 3.01. The molecule has 0 atom stereocenters. The lowest BCUT2D eigenvalue weighted by Crippen LogP contribution is -2.12. The molecule has 0 bridgehead atoms. The van der Waals surface area contributed by atoms with Gasteiger partial charge < -0.3 is 15.4 Å². The summed E-state index contributed by atoms with van der Waals surface area (Å²) in [6.07, 6.45) is 1.79. The highest BCUT2D eigenvalue weighted by Crippen LogP contribution is 2.26. The second kappa shape index (κ2) is 8.70. The topological polar surface area (TPSA) is 63.2 Å². The first kappa shape index (κ1) is 18.9. The highest BCUT2D eigenvalue weighted by atomic mass is 32.1. The minimum atomic E-state index is -0.886. The summed E-state index contributed by atoms with van der Waals surface area (Å²) in [5.74, 6) is 0.204. The van der Waals surface area contributed by atoms with Crippen LogP contribution in [0.25, 0.3) is 10.9 Å². The summed E-state index contributed by atoms with van der Waals surface area (Å²) in [5.41, 5.74) is 3.43. The molecule has 5 nitrogen and oxygen atoms in total. The van der Waals surface area contributed by atoms with Crippen LogP contribution in [0.1, 0.15) is 15.2 Å². The molecule has 0 fully saturated rings. The van der Waals surface area contributed by atoms with Crippen LogP contribution in [0.5, 0.6) is 5.75 Å². The van der Waals surface area contributed by atoms with Crippen LogP contribution in [0.15, 0.2) is 72.2 Å². The number of thiophene rings is 1. The number of para-hydroxylation sites is 1. The van der Waals surface area contributed by atoms with Crippen LogP contribution in [0, 0.1) is 0 Å². The molecule has 7 heteroatoms. The number of rotatable bonds is 7. The molecule has 0 unspecified atom stereocenters. The summed E-state index contributed by atoms with van der Waals surface area (Å²) in [5, 5.41) is 9.17. The van der Waals surface area contributed by atoms with Gasteiger partial charge in [0.15, 0.2) is 0 Å². The molecule has 0 aliphatic rings. The molecule has 2 N–H and O–H groups in total. The summed E-state index contributed by atoms with van der Waals surface area (Å²) < 4.78 is 17.0. The van der Waals surface area contributed by atoms with E-state index in [4.69, 9.17) is 4.74 Å². The van der Waals surface area contributed by atoms with E-state index in [1.54, 1.807) is 30.5 Å². The van der Waals surface area contributed by atoms with Gasteiger partial charge in [0.2, 0.25) is 6.86 Å². The van der Waals surface area contributed by atoms with Gasteiger partial charge in [-0.15, -0.1) is 11.3 Å². The molecule has 1 amide bonds. The van der Waals surface area contributed by atoms with E-state index in [2.05, 4.69) is 15.6 Å². The number of anilines is 2. The largest absolute Gasteiger partial charge is 0.463 e. The van der Waals surface area contributed by atoms with E-state index >= 15 is 0 Å². The van der Waals surface area contributed by atoms with Crippen molar-refractivity contribution in [2.24, 2.45) is 0 Å². The van der Waals surface area contributed by atoms with Gasteiger partial charge in [-0.1, -0.05) is 18.2 Å². The fraction of sp³-hybridized carbons (Fsp3) is 0.0909. The Balaban J connectivity index is 1.46. The lowest BCUT2D eigenvalue weighted by molar-refractivity contribution is 0.103. The maximum absolute atomic E-state index is 12.7. The molecule has 0 saturated carbocycles. The minimum absolute atomic E-state index is 0.207. The number of aromatic nitrogens is 1. The van der Waals surface area contributed by atoms with Gasteiger partial charge in [-0.2, -0.15) is 0 Å². The summed E-state index contributed by atoms with van der Waals surface area (Å²) in [6.45, 7) is -0.308. The number of ether oxygens (including phenoxy) is 1. The third-order valence-corrected chi connectivity index (χ3v) is 5.33. The van der Waals surface area contributed by atoms with Gasteiger partial charge in [-0.05, 0) is 53.4 Å². The van der Waals surface area contributed by atoms with Crippen molar-refractivity contribution in [2.45, 2.75) is 6.54 Å². The van der Waals surface area contributed by atoms with Gasteiger partial charge in [0, 0.05) is 23.8 Å². The fourth-order valence-corrected chi connectivity index (χ4v) is 3.77. The number of alkyl halides is 1. The van der Waals surface area contributed by atoms with Crippen molar-refractivity contribution in [1.29, 1.82) is 0 Å². The molecule has 2 aromatic heterocycles. The van der Waals surface area contributed by atoms with E-state index in [1.165, 1.54) is 11.3 Å². The SMILES string of the molecule is O=C(Nc1ccc(OCF)cc1)c1sccc1NCc1ccnc2ccccc12. The van der Waals surface area contributed by atoms with Gasteiger partial charge >= 0.3 is 0 Å². The normalized spacial score (nSPS) is 10.7. The van der Waals surface area contributed by atoms with E-state index < -0.39 is 6.86 Å². The Morgan fingerprint density at radius 1 is 1.07 bits per heavy atom. The molecule has 4 rings (SSSR count). The van der Waals surface area contributed by atoms with E-state index in [0.29, 0.717) is 22.9 Å². The van der Waals surface area contributed by atoms with Crippen molar-refractivity contribution in [3.05, 3.63) is 82.7 Å². The quantitative estimate of drug-likeness (QED) is 0.427. The molecule has 0 aliphatic carbocycles. The summed E-state index contributed by atoms with van der Waals surface area (Å²) in [6, 6.07) is 18.4. The van der Waals surface area contributed by atoms with Gasteiger partial charge in [-0.25, -0.2) is 4.39 Å². The second-order valence-electron chi connectivity index (χ2n) is 6.24. The molecule has 0 spiro atoms. The number of hydrogen-bond donors (Lipinski definition) is 2. The number of amides is 1. The Morgan fingerprint density at radius 2 is 1.90 bits per heavy atom. The first-order chi connectivity index (χ1) is 14.2. The molecular weight excluding hydrogens is 389 g/mol. The molecule has 146 valence electrons. The van der Waals surface area contributed by atoms with E-state index in [0.717, 1.165) is 22.2 Å². The van der Waals surface area contributed by atoms with Gasteiger partial charge in [-0.3, -0.25) is 9.78 Å². The number of carbonyl (C=O) groups excluding carboxylic acids is 1. The lowest BCUT2D eigenvalue weighted by Gasteiger charge is -2.10. The van der Waals surface area contributed by atoms with Crippen LogP contribution in [0.2, 0.25) is 0 Å². The van der Waals surface area contributed by atoms with Crippen LogP contribution in [-0.2, 0) is 6.54 Å². The van der Waals surface area contributed by atoms with E-state index in [9.17, 15) is 9.18 Å². The van der Waals surface area contributed by atoms with Gasteiger partial charge in [0.25, 0.3) is 5.91 Å². The Kier molecular flexibility index (Phi) is 5.67. The van der Waals surface area contributed by atoms with Crippen LogP contribution >= 0.6 is 11.3 Å². The maximum atomic E-state index is 12.7. The molecule has 0 aliphatic heterocycles. The Morgan fingerprint density at radius 3 is 2.72 bits per heavy atom. The number of nitrogens with zero attached hydrogens (tertiary/aromatic N) is 1. The Bertz CT molecular complexity index is 1120. The number of carbonyl (C=O) groups is 1. The van der Waals surface area contributed by atoms with Crippen molar-refractivity contribution < 1.29 is 13.9 Å². The molecule has 0 saturated heterocycles. The standard InChI is InChI=1S/C22H18FN3O2S/c23-14-28-17-7-5-16(6-8-17)26-22(27)21-20(10-12-29-21)25-13-15-9-11-24-19-4-2-1-3-18(15)19/h1-12,25H,13-14H2,(H,26,27). The van der Waals surface area contributed by atoms with Crippen LogP contribution in [0.4, 0.5) is 15.8 Å². The third-order valence-electron chi connectivity index (χ3n) is 4.41. The number of fused-ring (bicyclic) bond motifs is 1. The molecule has 2 heterocycles. The van der Waals surface area contributed by atoms with Crippen molar-refractivity contribution in [2.75, 3.05) is 17.5 Å². The average molecular weight is 407 g/mol.